The Morgan fingerprint density at radius 3 is 2.41 bits per heavy atom. The summed E-state index contributed by atoms with van der Waals surface area (Å²) in [5.74, 6) is 0.554. The summed E-state index contributed by atoms with van der Waals surface area (Å²) < 4.78 is 12.2. The van der Waals surface area contributed by atoms with Crippen LogP contribution in [0, 0.1) is 0 Å². The van der Waals surface area contributed by atoms with Gasteiger partial charge in [-0.15, -0.1) is 0 Å². The Morgan fingerprint density at radius 2 is 1.79 bits per heavy atom. The topological polar surface area (TPSA) is 79.3 Å². The van der Waals surface area contributed by atoms with Crippen LogP contribution in [0.15, 0.2) is 28.7 Å². The van der Waals surface area contributed by atoms with Gasteiger partial charge in [0.15, 0.2) is 0 Å². The molecule has 1 saturated carbocycles. The van der Waals surface area contributed by atoms with Crippen LogP contribution in [0.3, 0.4) is 0 Å². The predicted molar refractivity (Wildman–Crippen MR) is 114 cm³/mol. The molecule has 0 unspecified atom stereocenters. The number of hydrogen-bond acceptors (Lipinski definition) is 5. The Kier molecular flexibility index (Phi) is 9.90. The van der Waals surface area contributed by atoms with Gasteiger partial charge in [-0.05, 0) is 56.4 Å². The molecule has 0 spiro atoms. The molecule has 0 atom stereocenters. The molecule has 0 aliphatic heterocycles. The van der Waals surface area contributed by atoms with Gasteiger partial charge in [-0.3, -0.25) is 4.79 Å². The van der Waals surface area contributed by atoms with Gasteiger partial charge in [0, 0.05) is 37.8 Å². The average Bonchev–Trinajstić information content (AvgIpc) is 2.73. The van der Waals surface area contributed by atoms with Gasteiger partial charge in [0.05, 0.1) is 19.1 Å². The van der Waals surface area contributed by atoms with E-state index in [9.17, 15) is 9.59 Å². The molecule has 1 aliphatic rings. The minimum atomic E-state index is -0.354. The first-order valence-electron chi connectivity index (χ1n) is 10.1. The van der Waals surface area contributed by atoms with E-state index in [1.54, 1.807) is 36.0 Å². The summed E-state index contributed by atoms with van der Waals surface area (Å²) in [6, 6.07) is 7.30. The van der Waals surface area contributed by atoms with Gasteiger partial charge in [0.1, 0.15) is 5.75 Å². The largest absolute Gasteiger partial charge is 0.415 e. The minimum Gasteiger partial charge on any atom is -0.410 e. The van der Waals surface area contributed by atoms with Gasteiger partial charge in [-0.25, -0.2) is 4.79 Å². The Morgan fingerprint density at radius 1 is 1.14 bits per heavy atom. The maximum Gasteiger partial charge on any atom is 0.415 e. The highest BCUT2D eigenvalue weighted by molar-refractivity contribution is 9.10. The highest BCUT2D eigenvalue weighted by atomic mass is 79.9. The van der Waals surface area contributed by atoms with Crippen molar-refractivity contribution < 1.29 is 24.2 Å². The van der Waals surface area contributed by atoms with Crippen LogP contribution in [-0.4, -0.2) is 72.9 Å². The number of aliphatic hydroxyl groups is 1. The molecule has 0 radical (unpaired) electrons. The average molecular weight is 471 g/mol. The van der Waals surface area contributed by atoms with E-state index in [4.69, 9.17) is 14.6 Å². The number of carbonyl (C=O) groups excluding carboxylic acids is 2. The van der Waals surface area contributed by atoms with E-state index < -0.39 is 0 Å². The molecule has 1 aromatic rings. The quantitative estimate of drug-likeness (QED) is 0.597. The van der Waals surface area contributed by atoms with Crippen molar-refractivity contribution >= 4 is 27.9 Å². The fourth-order valence-electron chi connectivity index (χ4n) is 3.36. The number of halogens is 1. The summed E-state index contributed by atoms with van der Waals surface area (Å²) in [7, 11) is 3.51. The molecule has 162 valence electrons. The summed E-state index contributed by atoms with van der Waals surface area (Å²) in [6.07, 6.45) is 4.11. The third-order valence-electron chi connectivity index (χ3n) is 5.25. The van der Waals surface area contributed by atoms with E-state index in [-0.39, 0.29) is 30.8 Å². The predicted octanol–water partition coefficient (Wildman–Crippen LogP) is 3.44. The third-order valence-corrected chi connectivity index (χ3v) is 5.77. The normalized spacial score (nSPS) is 18.9. The molecule has 1 aromatic carbocycles. The molecule has 7 nitrogen and oxygen atoms in total. The fourth-order valence-corrected chi connectivity index (χ4v) is 3.62. The van der Waals surface area contributed by atoms with Crippen LogP contribution in [0.5, 0.6) is 5.75 Å². The van der Waals surface area contributed by atoms with Crippen LogP contribution in [0.2, 0.25) is 0 Å². The number of hydrogen-bond donors (Lipinski definition) is 1. The van der Waals surface area contributed by atoms with Gasteiger partial charge < -0.3 is 24.4 Å². The first-order valence-corrected chi connectivity index (χ1v) is 10.9. The smallest absolute Gasteiger partial charge is 0.410 e. The van der Waals surface area contributed by atoms with Crippen molar-refractivity contribution in [3.8, 4) is 5.75 Å². The van der Waals surface area contributed by atoms with Crippen LogP contribution in [0.25, 0.3) is 0 Å². The zero-order valence-electron chi connectivity index (χ0n) is 17.2. The van der Waals surface area contributed by atoms with Crippen LogP contribution in [0.1, 0.15) is 38.5 Å². The minimum absolute atomic E-state index is 0.0301. The lowest BCUT2D eigenvalue weighted by Crippen LogP contribution is -2.42. The number of ether oxygens (including phenoxy) is 2. The molecule has 0 aromatic heterocycles. The summed E-state index contributed by atoms with van der Waals surface area (Å²) in [5, 5.41) is 8.82. The van der Waals surface area contributed by atoms with Crippen LogP contribution < -0.4 is 4.74 Å². The molecule has 29 heavy (non-hydrogen) atoms. The van der Waals surface area contributed by atoms with Gasteiger partial charge >= 0.3 is 6.09 Å². The zero-order valence-corrected chi connectivity index (χ0v) is 18.8. The molecule has 2 rings (SSSR count). The Labute approximate surface area is 181 Å². The molecule has 0 heterocycles. The highest BCUT2D eigenvalue weighted by Crippen LogP contribution is 2.25. The van der Waals surface area contributed by atoms with Crippen molar-refractivity contribution in [3.63, 3.8) is 0 Å². The first-order chi connectivity index (χ1) is 13.9. The second-order valence-corrected chi connectivity index (χ2v) is 8.29. The molecular formula is C21H31BrN2O5. The van der Waals surface area contributed by atoms with Gasteiger partial charge in [-0.1, -0.05) is 15.9 Å². The summed E-state index contributed by atoms with van der Waals surface area (Å²) in [6.45, 7) is 1.05. The SMILES string of the molecule is CN(CCCO)C(=O)CCOC1CCC(N(C)C(=O)Oc2ccc(Br)cc2)CC1. The van der Waals surface area contributed by atoms with E-state index in [0.29, 0.717) is 31.7 Å². The third kappa shape index (κ3) is 7.95. The van der Waals surface area contributed by atoms with Crippen molar-refractivity contribution in [2.45, 2.75) is 50.7 Å². The molecule has 1 N–H and O–H groups in total. The molecule has 8 heteroatoms. The second-order valence-electron chi connectivity index (χ2n) is 7.38. The summed E-state index contributed by atoms with van der Waals surface area (Å²) in [5.41, 5.74) is 0. The molecule has 1 fully saturated rings. The van der Waals surface area contributed by atoms with Crippen molar-refractivity contribution in [1.82, 2.24) is 9.80 Å². The van der Waals surface area contributed by atoms with E-state index in [2.05, 4.69) is 15.9 Å². The van der Waals surface area contributed by atoms with Crippen LogP contribution in [0.4, 0.5) is 4.79 Å². The molecular weight excluding hydrogens is 440 g/mol. The number of aliphatic hydroxyl groups excluding tert-OH is 1. The highest BCUT2D eigenvalue weighted by Gasteiger charge is 2.28. The van der Waals surface area contributed by atoms with Gasteiger partial charge in [-0.2, -0.15) is 0 Å². The van der Waals surface area contributed by atoms with E-state index in [1.165, 1.54) is 0 Å². The number of amides is 2. The van der Waals surface area contributed by atoms with E-state index in [1.807, 2.05) is 12.1 Å². The van der Waals surface area contributed by atoms with Crippen LogP contribution >= 0.6 is 15.9 Å². The van der Waals surface area contributed by atoms with Crippen molar-refractivity contribution in [2.75, 3.05) is 33.9 Å². The number of benzene rings is 1. The van der Waals surface area contributed by atoms with Gasteiger partial charge in [0.2, 0.25) is 5.91 Å². The lowest BCUT2D eigenvalue weighted by atomic mass is 9.92. The van der Waals surface area contributed by atoms with E-state index in [0.717, 1.165) is 30.2 Å². The molecule has 0 saturated heterocycles. The van der Waals surface area contributed by atoms with Crippen molar-refractivity contribution in [3.05, 3.63) is 28.7 Å². The molecule has 1 aliphatic carbocycles. The monoisotopic (exact) mass is 470 g/mol. The summed E-state index contributed by atoms with van der Waals surface area (Å²) in [4.78, 5) is 27.6. The Bertz CT molecular complexity index is 647. The number of carbonyl (C=O) groups is 2. The lowest BCUT2D eigenvalue weighted by Gasteiger charge is -2.34. The fraction of sp³-hybridized carbons (Fsp3) is 0.619. The molecule has 0 bridgehead atoms. The lowest BCUT2D eigenvalue weighted by molar-refractivity contribution is -0.131. The zero-order chi connectivity index (χ0) is 21.2. The maximum absolute atomic E-state index is 12.4. The first kappa shape index (κ1) is 23.6. The van der Waals surface area contributed by atoms with Crippen molar-refractivity contribution in [2.24, 2.45) is 0 Å². The van der Waals surface area contributed by atoms with E-state index >= 15 is 0 Å². The number of rotatable bonds is 9. The van der Waals surface area contributed by atoms with Gasteiger partial charge in [0.25, 0.3) is 0 Å². The molecule has 2 amide bonds. The Balaban J connectivity index is 1.66. The maximum atomic E-state index is 12.4. The van der Waals surface area contributed by atoms with Crippen LogP contribution in [-0.2, 0) is 9.53 Å². The second kappa shape index (κ2) is 12.1. The standard InChI is InChI=1S/C21H31BrN2O5/c1-23(13-3-14-25)20(26)12-15-28-18-10-6-17(7-11-18)24(2)21(27)29-19-8-4-16(22)5-9-19/h4-5,8-9,17-18,25H,3,6-7,10-15H2,1-2H3. The summed E-state index contributed by atoms with van der Waals surface area (Å²) >= 11 is 3.36. The van der Waals surface area contributed by atoms with Crippen molar-refractivity contribution in [1.29, 1.82) is 0 Å². The number of nitrogens with zero attached hydrogens (tertiary/aromatic N) is 2. The Hall–Kier alpha value is -1.64.